The third-order valence-electron chi connectivity index (χ3n) is 3.89. The van der Waals surface area contributed by atoms with Crippen LogP contribution in [0.15, 0.2) is 23.1 Å². The minimum Gasteiger partial charge on any atom is -0.399 e. The fourth-order valence-corrected chi connectivity index (χ4v) is 4.43. The lowest BCUT2D eigenvalue weighted by molar-refractivity contribution is 0.382. The number of halogens is 1. The molecule has 0 unspecified atom stereocenters. The molecule has 0 spiro atoms. The molecule has 2 N–H and O–H groups in total. The van der Waals surface area contributed by atoms with Crippen LogP contribution < -0.4 is 5.73 Å². The average Bonchev–Trinajstić information content (AvgIpc) is 3.22. The lowest BCUT2D eigenvalue weighted by atomic mass is 10.3. The number of nitrogen functional groups attached to an aromatic ring is 1. The van der Waals surface area contributed by atoms with Gasteiger partial charge >= 0.3 is 0 Å². The van der Waals surface area contributed by atoms with Gasteiger partial charge in [0.2, 0.25) is 10.0 Å². The van der Waals surface area contributed by atoms with Gasteiger partial charge in [-0.15, -0.1) is 0 Å². The number of sulfonamides is 1. The van der Waals surface area contributed by atoms with E-state index < -0.39 is 10.0 Å². The second-order valence-electron chi connectivity index (χ2n) is 5.90. The Hall–Kier alpha value is -0.780. The van der Waals surface area contributed by atoms with Crippen LogP contribution in [-0.2, 0) is 10.0 Å². The van der Waals surface area contributed by atoms with Crippen molar-refractivity contribution in [3.63, 3.8) is 0 Å². The van der Waals surface area contributed by atoms with E-state index >= 15 is 0 Å². The Labute approximate surface area is 125 Å². The van der Waals surface area contributed by atoms with Crippen LogP contribution in [0, 0.1) is 11.8 Å². The highest BCUT2D eigenvalue weighted by Crippen LogP contribution is 2.37. The van der Waals surface area contributed by atoms with E-state index in [2.05, 4.69) is 0 Å². The van der Waals surface area contributed by atoms with Crippen molar-refractivity contribution in [2.24, 2.45) is 11.8 Å². The number of hydrogen-bond acceptors (Lipinski definition) is 3. The fourth-order valence-electron chi connectivity index (χ4n) is 2.31. The van der Waals surface area contributed by atoms with Gasteiger partial charge in [0.1, 0.15) is 4.90 Å². The monoisotopic (exact) mass is 314 g/mol. The van der Waals surface area contributed by atoms with E-state index in [9.17, 15) is 8.42 Å². The average molecular weight is 315 g/mol. The van der Waals surface area contributed by atoms with Crippen molar-refractivity contribution < 1.29 is 8.42 Å². The van der Waals surface area contributed by atoms with Crippen LogP contribution in [0.5, 0.6) is 0 Å². The molecule has 3 rings (SSSR count). The van der Waals surface area contributed by atoms with E-state index in [0.717, 1.165) is 25.7 Å². The Balaban J connectivity index is 1.89. The van der Waals surface area contributed by atoms with E-state index in [1.54, 1.807) is 10.4 Å². The van der Waals surface area contributed by atoms with Crippen LogP contribution in [0.3, 0.4) is 0 Å². The van der Waals surface area contributed by atoms with Gasteiger partial charge in [0.15, 0.2) is 0 Å². The lowest BCUT2D eigenvalue weighted by Crippen LogP contribution is -2.35. The highest BCUT2D eigenvalue weighted by molar-refractivity contribution is 7.89. The smallest absolute Gasteiger partial charge is 0.244 e. The summed E-state index contributed by atoms with van der Waals surface area (Å²) >= 11 is 6.08. The van der Waals surface area contributed by atoms with Crippen molar-refractivity contribution >= 4 is 27.3 Å². The maximum atomic E-state index is 12.8. The predicted octanol–water partition coefficient (Wildman–Crippen LogP) is 2.73. The summed E-state index contributed by atoms with van der Waals surface area (Å²) in [4.78, 5) is 0.176. The normalized spacial score (nSPS) is 19.5. The molecule has 2 aliphatic carbocycles. The molecule has 6 heteroatoms. The van der Waals surface area contributed by atoms with Gasteiger partial charge in [-0.25, -0.2) is 8.42 Å². The first-order valence-electron chi connectivity index (χ1n) is 7.02. The number of anilines is 1. The maximum absolute atomic E-state index is 12.8. The molecule has 2 fully saturated rings. The van der Waals surface area contributed by atoms with Gasteiger partial charge in [-0.3, -0.25) is 0 Å². The SMILES string of the molecule is Nc1ccc(S(=O)(=O)N(CC2CC2)CC2CC2)c(Cl)c1. The Bertz CT molecular complexity index is 596. The quantitative estimate of drug-likeness (QED) is 0.821. The topological polar surface area (TPSA) is 63.4 Å². The second-order valence-corrected chi connectivity index (χ2v) is 8.21. The summed E-state index contributed by atoms with van der Waals surface area (Å²) in [6, 6.07) is 4.60. The minimum absolute atomic E-state index is 0.176. The molecule has 1 aromatic carbocycles. The molecule has 4 nitrogen and oxygen atoms in total. The van der Waals surface area contributed by atoms with E-state index in [1.165, 1.54) is 12.1 Å². The summed E-state index contributed by atoms with van der Waals surface area (Å²) < 4.78 is 27.2. The van der Waals surface area contributed by atoms with E-state index in [4.69, 9.17) is 17.3 Å². The number of benzene rings is 1. The summed E-state index contributed by atoms with van der Waals surface area (Å²) in [5.74, 6) is 1.05. The summed E-state index contributed by atoms with van der Waals surface area (Å²) in [5, 5.41) is 0.210. The van der Waals surface area contributed by atoms with Crippen molar-refractivity contribution in [3.05, 3.63) is 23.2 Å². The third-order valence-corrected chi connectivity index (χ3v) is 6.21. The number of hydrogen-bond donors (Lipinski definition) is 1. The first-order chi connectivity index (χ1) is 9.46. The molecule has 0 amide bonds. The van der Waals surface area contributed by atoms with Crippen LogP contribution in [0.4, 0.5) is 5.69 Å². The number of nitrogens with zero attached hydrogens (tertiary/aromatic N) is 1. The Morgan fingerprint density at radius 3 is 2.15 bits per heavy atom. The Morgan fingerprint density at radius 2 is 1.70 bits per heavy atom. The van der Waals surface area contributed by atoms with Gasteiger partial charge in [-0.1, -0.05) is 11.6 Å². The number of rotatable bonds is 6. The molecule has 0 radical (unpaired) electrons. The number of nitrogens with two attached hydrogens (primary N) is 1. The Kier molecular flexibility index (Phi) is 3.69. The van der Waals surface area contributed by atoms with Gasteiger partial charge in [-0.05, 0) is 55.7 Å². The van der Waals surface area contributed by atoms with Crippen LogP contribution in [0.2, 0.25) is 5.02 Å². The van der Waals surface area contributed by atoms with Crippen molar-refractivity contribution in [1.82, 2.24) is 4.31 Å². The van der Waals surface area contributed by atoms with Crippen molar-refractivity contribution in [2.75, 3.05) is 18.8 Å². The molecule has 2 saturated carbocycles. The molecular weight excluding hydrogens is 296 g/mol. The fraction of sp³-hybridized carbons (Fsp3) is 0.571. The maximum Gasteiger partial charge on any atom is 0.244 e. The standard InChI is InChI=1S/C14H19ClN2O2S/c15-13-7-12(16)5-6-14(13)20(18,19)17(8-10-1-2-10)9-11-3-4-11/h5-7,10-11H,1-4,8-9,16H2. The first kappa shape index (κ1) is 14.2. The molecule has 0 saturated heterocycles. The summed E-state index contributed by atoms with van der Waals surface area (Å²) in [6.07, 6.45) is 4.52. The molecule has 0 heterocycles. The zero-order chi connectivity index (χ0) is 14.3. The third kappa shape index (κ3) is 3.10. The van der Waals surface area contributed by atoms with Crippen LogP contribution in [0.25, 0.3) is 0 Å². The zero-order valence-electron chi connectivity index (χ0n) is 11.3. The van der Waals surface area contributed by atoms with E-state index in [-0.39, 0.29) is 9.92 Å². The summed E-state index contributed by atoms with van der Waals surface area (Å²) in [6.45, 7) is 1.25. The molecule has 2 aliphatic rings. The molecule has 110 valence electrons. The zero-order valence-corrected chi connectivity index (χ0v) is 12.8. The van der Waals surface area contributed by atoms with Gasteiger partial charge in [0.05, 0.1) is 5.02 Å². The second kappa shape index (κ2) is 5.20. The Morgan fingerprint density at radius 1 is 1.15 bits per heavy atom. The first-order valence-corrected chi connectivity index (χ1v) is 8.84. The summed E-state index contributed by atoms with van der Waals surface area (Å²) in [5.41, 5.74) is 6.11. The van der Waals surface area contributed by atoms with Gasteiger partial charge in [0.25, 0.3) is 0 Å². The van der Waals surface area contributed by atoms with Crippen molar-refractivity contribution in [3.8, 4) is 0 Å². The van der Waals surface area contributed by atoms with E-state index in [1.807, 2.05) is 0 Å². The lowest BCUT2D eigenvalue weighted by Gasteiger charge is -2.22. The van der Waals surface area contributed by atoms with Crippen molar-refractivity contribution in [1.29, 1.82) is 0 Å². The molecular formula is C14H19ClN2O2S. The molecule has 0 aliphatic heterocycles. The van der Waals surface area contributed by atoms with Crippen LogP contribution >= 0.6 is 11.6 Å². The van der Waals surface area contributed by atoms with Gasteiger partial charge in [-0.2, -0.15) is 4.31 Å². The predicted molar refractivity (Wildman–Crippen MR) is 80.1 cm³/mol. The largest absolute Gasteiger partial charge is 0.399 e. The van der Waals surface area contributed by atoms with Gasteiger partial charge in [0, 0.05) is 18.8 Å². The van der Waals surface area contributed by atoms with E-state index in [0.29, 0.717) is 30.6 Å². The molecule has 0 bridgehead atoms. The molecule has 0 aromatic heterocycles. The molecule has 1 aromatic rings. The van der Waals surface area contributed by atoms with Crippen LogP contribution in [0.1, 0.15) is 25.7 Å². The minimum atomic E-state index is -3.51. The molecule has 20 heavy (non-hydrogen) atoms. The highest BCUT2D eigenvalue weighted by Gasteiger charge is 2.36. The van der Waals surface area contributed by atoms with Crippen LogP contribution in [-0.4, -0.2) is 25.8 Å². The van der Waals surface area contributed by atoms with Gasteiger partial charge < -0.3 is 5.73 Å². The van der Waals surface area contributed by atoms with Crippen molar-refractivity contribution in [2.45, 2.75) is 30.6 Å². The highest BCUT2D eigenvalue weighted by atomic mass is 35.5. The molecule has 0 atom stereocenters. The summed E-state index contributed by atoms with van der Waals surface area (Å²) in [7, 11) is -3.51.